The Hall–Kier alpha value is -1.36. The first-order valence-corrected chi connectivity index (χ1v) is 7.16. The second kappa shape index (κ2) is 5.33. The smallest absolute Gasteiger partial charge is 0.225 e. The summed E-state index contributed by atoms with van der Waals surface area (Å²) < 4.78 is 5.26. The summed E-state index contributed by atoms with van der Waals surface area (Å²) in [5.74, 6) is 1.63. The van der Waals surface area contributed by atoms with Crippen LogP contribution >= 0.6 is 0 Å². The molecule has 2 heterocycles. The van der Waals surface area contributed by atoms with E-state index < -0.39 is 0 Å². The van der Waals surface area contributed by atoms with Gasteiger partial charge in [0.25, 0.3) is 0 Å². The van der Waals surface area contributed by atoms with Crippen molar-refractivity contribution >= 4 is 5.91 Å². The fourth-order valence-corrected chi connectivity index (χ4v) is 2.65. The molecule has 19 heavy (non-hydrogen) atoms. The second-order valence-electron chi connectivity index (χ2n) is 5.66. The maximum Gasteiger partial charge on any atom is 0.225 e. The van der Waals surface area contributed by atoms with Crippen molar-refractivity contribution in [2.45, 2.75) is 32.7 Å². The lowest BCUT2D eigenvalue weighted by atomic mass is 10.3. The lowest BCUT2D eigenvalue weighted by Gasteiger charge is -2.21. The average molecular weight is 263 g/mol. The molecule has 0 radical (unpaired) electrons. The summed E-state index contributed by atoms with van der Waals surface area (Å²) in [6.07, 6.45) is 3.23. The molecule has 1 aliphatic heterocycles. The molecule has 3 rings (SSSR count). The van der Waals surface area contributed by atoms with Gasteiger partial charge in [0.1, 0.15) is 0 Å². The second-order valence-corrected chi connectivity index (χ2v) is 5.66. The fourth-order valence-electron chi connectivity index (χ4n) is 2.65. The Labute approximate surface area is 113 Å². The van der Waals surface area contributed by atoms with E-state index in [1.165, 1.54) is 0 Å². The van der Waals surface area contributed by atoms with Crippen LogP contribution in [0.1, 0.15) is 30.7 Å². The van der Waals surface area contributed by atoms with Crippen molar-refractivity contribution in [3.05, 3.63) is 17.5 Å². The lowest BCUT2D eigenvalue weighted by molar-refractivity contribution is -0.132. The van der Waals surface area contributed by atoms with Crippen LogP contribution < -0.4 is 0 Å². The summed E-state index contributed by atoms with van der Waals surface area (Å²) in [4.78, 5) is 16.5. The highest BCUT2D eigenvalue weighted by Gasteiger charge is 2.33. The number of carbonyl (C=O) groups is 1. The van der Waals surface area contributed by atoms with Crippen LogP contribution in [0.2, 0.25) is 0 Å². The molecule has 1 aromatic rings. The molecule has 1 aliphatic carbocycles. The van der Waals surface area contributed by atoms with Gasteiger partial charge >= 0.3 is 0 Å². The zero-order valence-corrected chi connectivity index (χ0v) is 11.5. The molecule has 2 fully saturated rings. The van der Waals surface area contributed by atoms with Crippen molar-refractivity contribution < 1.29 is 9.32 Å². The largest absolute Gasteiger partial charge is 0.360 e. The van der Waals surface area contributed by atoms with Crippen molar-refractivity contribution in [1.82, 2.24) is 15.0 Å². The van der Waals surface area contributed by atoms with E-state index in [2.05, 4.69) is 10.1 Å². The number of nitrogens with zero attached hydrogens (tertiary/aromatic N) is 3. The molecule has 0 bridgehead atoms. The highest BCUT2D eigenvalue weighted by atomic mass is 16.5. The van der Waals surface area contributed by atoms with Gasteiger partial charge in [-0.05, 0) is 26.2 Å². The Morgan fingerprint density at radius 3 is 2.89 bits per heavy atom. The Morgan fingerprint density at radius 1 is 1.37 bits per heavy atom. The van der Waals surface area contributed by atoms with Crippen molar-refractivity contribution in [2.24, 2.45) is 5.92 Å². The monoisotopic (exact) mass is 263 g/mol. The molecule has 1 amide bonds. The molecule has 5 nitrogen and oxygen atoms in total. The highest BCUT2D eigenvalue weighted by Crippen LogP contribution is 2.31. The fraction of sp³-hybridized carbons (Fsp3) is 0.714. The lowest BCUT2D eigenvalue weighted by Crippen LogP contribution is -2.35. The van der Waals surface area contributed by atoms with Gasteiger partial charge in [-0.25, -0.2) is 0 Å². The van der Waals surface area contributed by atoms with Gasteiger partial charge in [0.05, 0.1) is 12.2 Å². The molecule has 1 aromatic heterocycles. The summed E-state index contributed by atoms with van der Waals surface area (Å²) in [5.41, 5.74) is 0.926. The van der Waals surface area contributed by atoms with Crippen molar-refractivity contribution in [3.63, 3.8) is 0 Å². The van der Waals surface area contributed by atoms with Gasteiger partial charge in [0.15, 0.2) is 5.76 Å². The molecule has 1 saturated heterocycles. The average Bonchev–Trinajstić information content (AvgIpc) is 3.18. The first kappa shape index (κ1) is 12.7. The number of hydrogen-bond acceptors (Lipinski definition) is 4. The molecule has 0 aromatic carbocycles. The standard InChI is InChI=1S/C14H21N3O2/c1-11-9-13(19-15-11)10-16-5-2-6-17(8-7-16)14(18)12-3-4-12/h9,12H,2-8,10H2,1H3. The number of aryl methyl sites for hydroxylation is 1. The molecular formula is C14H21N3O2. The molecule has 2 aliphatic rings. The minimum Gasteiger partial charge on any atom is -0.360 e. The van der Waals surface area contributed by atoms with E-state index in [4.69, 9.17) is 4.52 Å². The third kappa shape index (κ3) is 3.15. The van der Waals surface area contributed by atoms with Gasteiger partial charge in [0.2, 0.25) is 5.91 Å². The van der Waals surface area contributed by atoms with E-state index in [0.717, 1.165) is 63.4 Å². The number of aromatic nitrogens is 1. The zero-order chi connectivity index (χ0) is 13.2. The van der Waals surface area contributed by atoms with Crippen LogP contribution in [-0.2, 0) is 11.3 Å². The van der Waals surface area contributed by atoms with Crippen LogP contribution in [0.15, 0.2) is 10.6 Å². The third-order valence-corrected chi connectivity index (χ3v) is 3.88. The van der Waals surface area contributed by atoms with Crippen LogP contribution in [0.4, 0.5) is 0 Å². The summed E-state index contributed by atoms with van der Waals surface area (Å²) in [7, 11) is 0. The Morgan fingerprint density at radius 2 is 2.21 bits per heavy atom. The molecule has 0 unspecified atom stereocenters. The summed E-state index contributed by atoms with van der Waals surface area (Å²) in [5, 5.41) is 3.91. The Bertz CT molecular complexity index is 453. The van der Waals surface area contributed by atoms with Gasteiger partial charge in [-0.3, -0.25) is 9.69 Å². The molecule has 5 heteroatoms. The summed E-state index contributed by atoms with van der Waals surface area (Å²) in [6, 6.07) is 1.98. The highest BCUT2D eigenvalue weighted by molar-refractivity contribution is 5.81. The normalized spacial score (nSPS) is 21.4. The van der Waals surface area contributed by atoms with E-state index in [1.54, 1.807) is 0 Å². The first-order valence-electron chi connectivity index (χ1n) is 7.16. The van der Waals surface area contributed by atoms with E-state index in [0.29, 0.717) is 11.8 Å². The van der Waals surface area contributed by atoms with Crippen molar-refractivity contribution in [2.75, 3.05) is 26.2 Å². The SMILES string of the molecule is Cc1cc(CN2CCCN(C(=O)C3CC3)CC2)on1. The van der Waals surface area contributed by atoms with Gasteiger partial charge in [0, 0.05) is 38.2 Å². The first-order chi connectivity index (χ1) is 9.22. The van der Waals surface area contributed by atoms with Gasteiger partial charge in [-0.1, -0.05) is 5.16 Å². The Balaban J connectivity index is 1.53. The van der Waals surface area contributed by atoms with Crippen LogP contribution in [0.25, 0.3) is 0 Å². The molecule has 0 N–H and O–H groups in total. The zero-order valence-electron chi connectivity index (χ0n) is 11.5. The van der Waals surface area contributed by atoms with Crippen molar-refractivity contribution in [1.29, 1.82) is 0 Å². The maximum absolute atomic E-state index is 12.1. The van der Waals surface area contributed by atoms with Gasteiger partial charge < -0.3 is 9.42 Å². The molecule has 0 atom stereocenters. The third-order valence-electron chi connectivity index (χ3n) is 3.88. The quantitative estimate of drug-likeness (QED) is 0.827. The predicted octanol–water partition coefficient (Wildman–Crippen LogP) is 1.43. The van der Waals surface area contributed by atoms with Crippen LogP contribution in [0.3, 0.4) is 0 Å². The van der Waals surface area contributed by atoms with Crippen LogP contribution in [-0.4, -0.2) is 47.0 Å². The van der Waals surface area contributed by atoms with E-state index in [1.807, 2.05) is 17.9 Å². The number of rotatable bonds is 3. The number of amides is 1. The maximum atomic E-state index is 12.1. The van der Waals surface area contributed by atoms with E-state index in [-0.39, 0.29) is 0 Å². The van der Waals surface area contributed by atoms with Crippen LogP contribution in [0, 0.1) is 12.8 Å². The van der Waals surface area contributed by atoms with E-state index in [9.17, 15) is 4.79 Å². The minimum absolute atomic E-state index is 0.337. The predicted molar refractivity (Wildman–Crippen MR) is 70.4 cm³/mol. The molecule has 0 spiro atoms. The van der Waals surface area contributed by atoms with Gasteiger partial charge in [-0.2, -0.15) is 0 Å². The molecular weight excluding hydrogens is 242 g/mol. The Kier molecular flexibility index (Phi) is 3.55. The van der Waals surface area contributed by atoms with Crippen LogP contribution in [0.5, 0.6) is 0 Å². The number of hydrogen-bond donors (Lipinski definition) is 0. The molecule has 1 saturated carbocycles. The minimum atomic E-state index is 0.337. The molecule has 104 valence electrons. The number of carbonyl (C=O) groups excluding carboxylic acids is 1. The van der Waals surface area contributed by atoms with Crippen molar-refractivity contribution in [3.8, 4) is 0 Å². The van der Waals surface area contributed by atoms with E-state index >= 15 is 0 Å². The van der Waals surface area contributed by atoms with Gasteiger partial charge in [-0.15, -0.1) is 0 Å². The summed E-state index contributed by atoms with van der Waals surface area (Å²) >= 11 is 0. The topological polar surface area (TPSA) is 49.6 Å². The summed E-state index contributed by atoms with van der Waals surface area (Å²) in [6.45, 7) is 6.44.